The minimum atomic E-state index is -0.400. The second kappa shape index (κ2) is 4.90. The third-order valence-corrected chi connectivity index (χ3v) is 3.12. The largest absolute Gasteiger partial charge is 0.367 e. The first-order valence-electron chi connectivity index (χ1n) is 5.87. The molecule has 0 N–H and O–H groups in total. The molecular formula is C12H17ClN2O3. The molecule has 0 aromatic carbocycles. The second-order valence-electron chi connectivity index (χ2n) is 5.17. The van der Waals surface area contributed by atoms with Crippen LogP contribution in [-0.4, -0.2) is 46.6 Å². The van der Waals surface area contributed by atoms with Crippen molar-refractivity contribution in [3.8, 4) is 0 Å². The first-order valence-corrected chi connectivity index (χ1v) is 6.41. The van der Waals surface area contributed by atoms with E-state index in [0.29, 0.717) is 24.7 Å². The molecule has 1 amide bonds. The summed E-state index contributed by atoms with van der Waals surface area (Å²) in [6.07, 6.45) is -0.150. The quantitative estimate of drug-likeness (QED) is 0.771. The van der Waals surface area contributed by atoms with Crippen molar-refractivity contribution in [3.05, 3.63) is 17.5 Å². The lowest BCUT2D eigenvalue weighted by molar-refractivity contribution is -0.117. The summed E-state index contributed by atoms with van der Waals surface area (Å²) in [5.74, 6) is 0.462. The zero-order valence-corrected chi connectivity index (χ0v) is 11.5. The molecule has 1 aromatic rings. The van der Waals surface area contributed by atoms with Crippen LogP contribution in [0.3, 0.4) is 0 Å². The number of carbonyl (C=O) groups is 1. The number of morpholine rings is 1. The highest BCUT2D eigenvalue weighted by Crippen LogP contribution is 2.23. The van der Waals surface area contributed by atoms with E-state index < -0.39 is 5.60 Å². The van der Waals surface area contributed by atoms with Gasteiger partial charge < -0.3 is 14.2 Å². The van der Waals surface area contributed by atoms with E-state index in [9.17, 15) is 4.79 Å². The molecule has 6 heteroatoms. The Labute approximate surface area is 111 Å². The van der Waals surface area contributed by atoms with Crippen LogP contribution in [0.5, 0.6) is 0 Å². The molecule has 0 bridgehead atoms. The highest BCUT2D eigenvalue weighted by Gasteiger charge is 2.36. The summed E-state index contributed by atoms with van der Waals surface area (Å²) in [7, 11) is 0. The lowest BCUT2D eigenvalue weighted by Crippen LogP contribution is -2.55. The number of amides is 1. The molecule has 0 radical (unpaired) electrons. The Morgan fingerprint density at radius 3 is 2.94 bits per heavy atom. The molecule has 1 aromatic heterocycles. The number of aryl methyl sites for hydroxylation is 1. The Kier molecular flexibility index (Phi) is 3.64. The minimum absolute atomic E-state index is 0.150. The average Bonchev–Trinajstić information content (AvgIpc) is 2.72. The summed E-state index contributed by atoms with van der Waals surface area (Å²) >= 11 is 5.83. The van der Waals surface area contributed by atoms with E-state index in [-0.39, 0.29) is 17.8 Å². The van der Waals surface area contributed by atoms with Gasteiger partial charge in [-0.15, -0.1) is 11.6 Å². The van der Waals surface area contributed by atoms with Crippen molar-refractivity contribution in [1.29, 1.82) is 0 Å². The third kappa shape index (κ3) is 2.84. The van der Waals surface area contributed by atoms with E-state index in [0.717, 1.165) is 0 Å². The van der Waals surface area contributed by atoms with Crippen LogP contribution in [0.2, 0.25) is 0 Å². The predicted molar refractivity (Wildman–Crippen MR) is 66.8 cm³/mol. The van der Waals surface area contributed by atoms with Crippen molar-refractivity contribution in [1.82, 2.24) is 10.1 Å². The van der Waals surface area contributed by atoms with Crippen molar-refractivity contribution in [2.24, 2.45) is 0 Å². The standard InChI is InChI=1S/C12H17ClN2O3/c1-8-4-10(18-14-8)11(16)15-6-9(5-13)17-12(2,3)7-15/h4,9H,5-7H2,1-3H3. The van der Waals surface area contributed by atoms with Crippen LogP contribution in [0, 0.1) is 6.92 Å². The van der Waals surface area contributed by atoms with Crippen molar-refractivity contribution in [2.75, 3.05) is 19.0 Å². The Hall–Kier alpha value is -1.07. The SMILES string of the molecule is Cc1cc(C(=O)N2CC(CCl)OC(C)(C)C2)on1. The number of rotatable bonds is 2. The summed E-state index contributed by atoms with van der Waals surface area (Å²) in [6, 6.07) is 1.64. The van der Waals surface area contributed by atoms with Gasteiger partial charge in [-0.3, -0.25) is 4.79 Å². The summed E-state index contributed by atoms with van der Waals surface area (Å²) in [4.78, 5) is 14.0. The molecule has 1 atom stereocenters. The van der Waals surface area contributed by atoms with Gasteiger partial charge in [-0.05, 0) is 20.8 Å². The number of alkyl halides is 1. The van der Waals surface area contributed by atoms with Crippen LogP contribution in [0.15, 0.2) is 10.6 Å². The number of hydrogen-bond donors (Lipinski definition) is 0. The maximum absolute atomic E-state index is 12.3. The van der Waals surface area contributed by atoms with Crippen molar-refractivity contribution in [3.63, 3.8) is 0 Å². The van der Waals surface area contributed by atoms with Gasteiger partial charge in [0.25, 0.3) is 5.91 Å². The van der Waals surface area contributed by atoms with Crippen molar-refractivity contribution in [2.45, 2.75) is 32.5 Å². The molecule has 1 unspecified atom stereocenters. The van der Waals surface area contributed by atoms with Gasteiger partial charge >= 0.3 is 0 Å². The molecule has 0 spiro atoms. The Balaban J connectivity index is 2.14. The first kappa shape index (κ1) is 13.4. The van der Waals surface area contributed by atoms with Gasteiger partial charge in [0.15, 0.2) is 0 Å². The molecule has 1 saturated heterocycles. The Morgan fingerprint density at radius 1 is 1.67 bits per heavy atom. The van der Waals surface area contributed by atoms with Gasteiger partial charge in [-0.2, -0.15) is 0 Å². The molecule has 5 nitrogen and oxygen atoms in total. The van der Waals surface area contributed by atoms with Crippen molar-refractivity contribution >= 4 is 17.5 Å². The fourth-order valence-electron chi connectivity index (χ4n) is 2.15. The maximum Gasteiger partial charge on any atom is 0.292 e. The number of hydrogen-bond acceptors (Lipinski definition) is 4. The predicted octanol–water partition coefficient (Wildman–Crippen LogP) is 1.84. The summed E-state index contributed by atoms with van der Waals surface area (Å²) in [6.45, 7) is 6.66. The molecule has 1 aliphatic rings. The van der Waals surface area contributed by atoms with Gasteiger partial charge in [-0.1, -0.05) is 5.16 Å². The van der Waals surface area contributed by atoms with Gasteiger partial charge in [-0.25, -0.2) is 0 Å². The fraction of sp³-hybridized carbons (Fsp3) is 0.667. The number of aromatic nitrogens is 1. The zero-order valence-electron chi connectivity index (χ0n) is 10.8. The lowest BCUT2D eigenvalue weighted by Gasteiger charge is -2.41. The molecule has 0 saturated carbocycles. The Bertz CT molecular complexity index is 444. The molecular weight excluding hydrogens is 256 g/mol. The fourth-order valence-corrected chi connectivity index (χ4v) is 2.31. The number of halogens is 1. The first-order chi connectivity index (χ1) is 8.41. The summed E-state index contributed by atoms with van der Waals surface area (Å²) in [5.41, 5.74) is 0.294. The van der Waals surface area contributed by atoms with Crippen LogP contribution in [0.25, 0.3) is 0 Å². The highest BCUT2D eigenvalue weighted by molar-refractivity contribution is 6.18. The van der Waals surface area contributed by atoms with Gasteiger partial charge in [0, 0.05) is 19.2 Å². The van der Waals surface area contributed by atoms with Crippen LogP contribution >= 0.6 is 11.6 Å². The number of carbonyl (C=O) groups excluding carboxylic acids is 1. The van der Waals surface area contributed by atoms with Crippen LogP contribution < -0.4 is 0 Å². The van der Waals surface area contributed by atoms with Gasteiger partial charge in [0.2, 0.25) is 5.76 Å². The molecule has 100 valence electrons. The third-order valence-electron chi connectivity index (χ3n) is 2.78. The van der Waals surface area contributed by atoms with Gasteiger partial charge in [0.05, 0.1) is 23.3 Å². The number of ether oxygens (including phenoxy) is 1. The van der Waals surface area contributed by atoms with E-state index in [1.54, 1.807) is 17.9 Å². The van der Waals surface area contributed by atoms with Crippen LogP contribution in [0.1, 0.15) is 30.1 Å². The zero-order chi connectivity index (χ0) is 13.3. The Morgan fingerprint density at radius 2 is 2.39 bits per heavy atom. The molecule has 1 aliphatic heterocycles. The maximum atomic E-state index is 12.3. The van der Waals surface area contributed by atoms with E-state index in [4.69, 9.17) is 20.9 Å². The second-order valence-corrected chi connectivity index (χ2v) is 5.48. The van der Waals surface area contributed by atoms with E-state index in [1.165, 1.54) is 0 Å². The normalized spacial score (nSPS) is 23.1. The van der Waals surface area contributed by atoms with Crippen LogP contribution in [-0.2, 0) is 4.74 Å². The van der Waals surface area contributed by atoms with E-state index in [2.05, 4.69) is 5.16 Å². The smallest absolute Gasteiger partial charge is 0.292 e. The van der Waals surface area contributed by atoms with E-state index in [1.807, 2.05) is 13.8 Å². The van der Waals surface area contributed by atoms with Gasteiger partial charge in [0.1, 0.15) is 0 Å². The monoisotopic (exact) mass is 272 g/mol. The summed E-state index contributed by atoms with van der Waals surface area (Å²) < 4.78 is 10.8. The highest BCUT2D eigenvalue weighted by atomic mass is 35.5. The van der Waals surface area contributed by atoms with E-state index >= 15 is 0 Å². The average molecular weight is 273 g/mol. The molecule has 18 heavy (non-hydrogen) atoms. The summed E-state index contributed by atoms with van der Waals surface area (Å²) in [5, 5.41) is 3.73. The molecule has 2 rings (SSSR count). The lowest BCUT2D eigenvalue weighted by atomic mass is 10.1. The minimum Gasteiger partial charge on any atom is -0.367 e. The molecule has 0 aliphatic carbocycles. The topological polar surface area (TPSA) is 55.6 Å². The molecule has 2 heterocycles. The molecule has 1 fully saturated rings. The van der Waals surface area contributed by atoms with Crippen LogP contribution in [0.4, 0.5) is 0 Å². The van der Waals surface area contributed by atoms with Crippen molar-refractivity contribution < 1.29 is 14.1 Å². The number of nitrogens with zero attached hydrogens (tertiary/aromatic N) is 2.